The Hall–Kier alpha value is -2.90. The fourth-order valence-electron chi connectivity index (χ4n) is 2.95. The van der Waals surface area contributed by atoms with E-state index in [0.717, 1.165) is 12.8 Å². The number of hydrogen-bond acceptors (Lipinski definition) is 4. The van der Waals surface area contributed by atoms with Gasteiger partial charge in [0.05, 0.1) is 21.1 Å². The monoisotopic (exact) mass is 416 g/mol. The van der Waals surface area contributed by atoms with E-state index < -0.39 is 11.8 Å². The van der Waals surface area contributed by atoms with E-state index >= 15 is 0 Å². The van der Waals surface area contributed by atoms with Crippen LogP contribution in [-0.4, -0.2) is 27.3 Å². The number of carbonyl (C=O) groups excluding carboxylic acids is 3. The minimum Gasteiger partial charge on any atom is -0.366 e. The van der Waals surface area contributed by atoms with Crippen molar-refractivity contribution in [3.05, 3.63) is 57.8 Å². The Bertz CT molecular complexity index is 1130. The Balaban J connectivity index is 1.74. The normalized spacial score (nSPS) is 13.5. The standard InChI is InChI=1S/C19H14Cl2N4O3/c20-12-7-10(16(22)26)8-13(21)15(12)19(28)25-6-4-11-14(25)3-5-23-17(11)24-18(27)9-1-2-9/h3-9H,1-2H2,(H2,22,26)(H,23,24,27). The highest BCUT2D eigenvalue weighted by Crippen LogP contribution is 2.32. The molecule has 7 nitrogen and oxygen atoms in total. The highest BCUT2D eigenvalue weighted by molar-refractivity contribution is 6.40. The van der Waals surface area contributed by atoms with E-state index in [9.17, 15) is 14.4 Å². The molecule has 1 aromatic carbocycles. The van der Waals surface area contributed by atoms with Crippen molar-refractivity contribution in [2.75, 3.05) is 5.32 Å². The first kappa shape index (κ1) is 18.5. The second-order valence-corrected chi connectivity index (χ2v) is 7.34. The van der Waals surface area contributed by atoms with Gasteiger partial charge in [-0.15, -0.1) is 0 Å². The van der Waals surface area contributed by atoms with Gasteiger partial charge in [-0.3, -0.25) is 19.0 Å². The van der Waals surface area contributed by atoms with E-state index in [0.29, 0.717) is 16.7 Å². The van der Waals surface area contributed by atoms with E-state index in [1.807, 2.05) is 0 Å². The first-order valence-corrected chi connectivity index (χ1v) is 9.23. The summed E-state index contributed by atoms with van der Waals surface area (Å²) in [7, 11) is 0. The maximum atomic E-state index is 13.1. The summed E-state index contributed by atoms with van der Waals surface area (Å²) < 4.78 is 1.36. The second-order valence-electron chi connectivity index (χ2n) is 6.53. The highest BCUT2D eigenvalue weighted by atomic mass is 35.5. The molecule has 0 spiro atoms. The van der Waals surface area contributed by atoms with Crippen LogP contribution in [-0.2, 0) is 4.79 Å². The molecular formula is C19H14Cl2N4O3. The maximum absolute atomic E-state index is 13.1. The molecule has 0 bridgehead atoms. The van der Waals surface area contributed by atoms with Crippen molar-refractivity contribution < 1.29 is 14.4 Å². The van der Waals surface area contributed by atoms with Gasteiger partial charge in [-0.1, -0.05) is 23.2 Å². The molecule has 0 saturated heterocycles. The smallest absolute Gasteiger partial charge is 0.265 e. The predicted molar refractivity (Wildman–Crippen MR) is 106 cm³/mol. The van der Waals surface area contributed by atoms with Gasteiger partial charge in [0, 0.05) is 29.3 Å². The number of pyridine rings is 1. The van der Waals surface area contributed by atoms with Crippen LogP contribution >= 0.6 is 23.2 Å². The summed E-state index contributed by atoms with van der Waals surface area (Å²) in [5, 5.41) is 3.46. The van der Waals surface area contributed by atoms with Gasteiger partial charge >= 0.3 is 0 Å². The van der Waals surface area contributed by atoms with Crippen LogP contribution in [0.4, 0.5) is 5.82 Å². The summed E-state index contributed by atoms with van der Waals surface area (Å²) in [5.41, 5.74) is 5.94. The molecule has 0 aliphatic heterocycles. The number of anilines is 1. The summed E-state index contributed by atoms with van der Waals surface area (Å²) in [5.74, 6) is -0.834. The predicted octanol–water partition coefficient (Wildman–Crippen LogP) is 3.48. The number of rotatable bonds is 4. The van der Waals surface area contributed by atoms with Crippen molar-refractivity contribution in [1.82, 2.24) is 9.55 Å². The van der Waals surface area contributed by atoms with Crippen LogP contribution in [0.15, 0.2) is 36.7 Å². The summed E-state index contributed by atoms with van der Waals surface area (Å²) in [4.78, 5) is 40.7. The Morgan fingerprint density at radius 1 is 1.14 bits per heavy atom. The molecule has 1 aliphatic rings. The van der Waals surface area contributed by atoms with E-state index in [1.165, 1.54) is 22.9 Å². The highest BCUT2D eigenvalue weighted by Gasteiger charge is 2.30. The lowest BCUT2D eigenvalue weighted by Crippen LogP contribution is -2.16. The number of nitrogens with two attached hydrogens (primary N) is 1. The quantitative estimate of drug-likeness (QED) is 0.678. The first-order valence-electron chi connectivity index (χ1n) is 8.47. The molecule has 4 rings (SSSR count). The number of benzene rings is 1. The summed E-state index contributed by atoms with van der Waals surface area (Å²) in [6.45, 7) is 0. The largest absolute Gasteiger partial charge is 0.366 e. The van der Waals surface area contributed by atoms with Crippen LogP contribution < -0.4 is 11.1 Å². The molecule has 0 radical (unpaired) electrons. The number of nitrogens with one attached hydrogen (secondary N) is 1. The molecule has 9 heteroatoms. The Morgan fingerprint density at radius 2 is 1.82 bits per heavy atom. The Morgan fingerprint density at radius 3 is 2.43 bits per heavy atom. The topological polar surface area (TPSA) is 107 Å². The number of amides is 2. The average Bonchev–Trinajstić information content (AvgIpc) is 3.40. The Labute approximate surface area is 169 Å². The minimum atomic E-state index is -0.698. The van der Waals surface area contributed by atoms with Crippen molar-refractivity contribution >= 4 is 57.6 Å². The van der Waals surface area contributed by atoms with E-state index in [1.54, 1.807) is 18.3 Å². The summed E-state index contributed by atoms with van der Waals surface area (Å²) in [6, 6.07) is 5.94. The molecule has 2 heterocycles. The molecule has 2 amide bonds. The van der Waals surface area contributed by atoms with Crippen LogP contribution in [0.1, 0.15) is 33.6 Å². The summed E-state index contributed by atoms with van der Waals surface area (Å²) >= 11 is 12.4. The van der Waals surface area contributed by atoms with Gasteiger partial charge in [-0.05, 0) is 37.1 Å². The van der Waals surface area contributed by atoms with Crippen LogP contribution in [0, 0.1) is 5.92 Å². The molecule has 0 atom stereocenters. The lowest BCUT2D eigenvalue weighted by molar-refractivity contribution is -0.117. The number of halogens is 2. The molecule has 3 aromatic rings. The third-order valence-corrected chi connectivity index (χ3v) is 5.16. The fourth-order valence-corrected chi connectivity index (χ4v) is 3.60. The van der Waals surface area contributed by atoms with Crippen molar-refractivity contribution in [3.63, 3.8) is 0 Å². The van der Waals surface area contributed by atoms with E-state index in [2.05, 4.69) is 10.3 Å². The van der Waals surface area contributed by atoms with Gasteiger partial charge in [-0.25, -0.2) is 4.98 Å². The number of hydrogen-bond donors (Lipinski definition) is 2. The molecule has 1 aliphatic carbocycles. The lowest BCUT2D eigenvalue weighted by Gasteiger charge is -2.10. The van der Waals surface area contributed by atoms with E-state index in [-0.39, 0.29) is 33.0 Å². The molecule has 3 N–H and O–H groups in total. The number of fused-ring (bicyclic) bond motifs is 1. The van der Waals surface area contributed by atoms with Crippen molar-refractivity contribution in [3.8, 4) is 0 Å². The molecular weight excluding hydrogens is 403 g/mol. The maximum Gasteiger partial charge on any atom is 0.265 e. The van der Waals surface area contributed by atoms with Crippen molar-refractivity contribution in [2.24, 2.45) is 11.7 Å². The fraction of sp³-hybridized carbons (Fsp3) is 0.158. The molecule has 142 valence electrons. The molecule has 28 heavy (non-hydrogen) atoms. The van der Waals surface area contributed by atoms with Crippen LogP contribution in [0.3, 0.4) is 0 Å². The lowest BCUT2D eigenvalue weighted by atomic mass is 10.1. The van der Waals surface area contributed by atoms with Crippen LogP contribution in [0.5, 0.6) is 0 Å². The van der Waals surface area contributed by atoms with E-state index in [4.69, 9.17) is 28.9 Å². The van der Waals surface area contributed by atoms with Gasteiger partial charge in [0.1, 0.15) is 5.82 Å². The third-order valence-electron chi connectivity index (χ3n) is 4.57. The van der Waals surface area contributed by atoms with Gasteiger partial charge in [0.25, 0.3) is 5.91 Å². The Kier molecular flexibility index (Phi) is 4.56. The molecule has 0 unspecified atom stereocenters. The SMILES string of the molecule is NC(=O)c1cc(Cl)c(C(=O)n2ccc3c(NC(=O)C4CC4)nccc32)c(Cl)c1. The van der Waals surface area contributed by atoms with Crippen molar-refractivity contribution in [2.45, 2.75) is 12.8 Å². The zero-order valence-electron chi connectivity index (χ0n) is 14.4. The zero-order chi connectivity index (χ0) is 20.0. The van der Waals surface area contributed by atoms with Gasteiger partial charge < -0.3 is 11.1 Å². The van der Waals surface area contributed by atoms with Crippen molar-refractivity contribution in [1.29, 1.82) is 0 Å². The zero-order valence-corrected chi connectivity index (χ0v) is 15.9. The van der Waals surface area contributed by atoms with Gasteiger partial charge in [0.2, 0.25) is 11.8 Å². The molecule has 2 aromatic heterocycles. The van der Waals surface area contributed by atoms with Gasteiger partial charge in [0.15, 0.2) is 0 Å². The average molecular weight is 417 g/mol. The van der Waals surface area contributed by atoms with Crippen LogP contribution in [0.2, 0.25) is 10.0 Å². The molecule has 1 fully saturated rings. The van der Waals surface area contributed by atoms with Crippen LogP contribution in [0.25, 0.3) is 10.9 Å². The summed E-state index contributed by atoms with van der Waals surface area (Å²) in [6.07, 6.45) is 4.81. The first-order chi connectivity index (χ1) is 13.4. The second kappa shape index (κ2) is 6.92. The number of carbonyl (C=O) groups is 3. The van der Waals surface area contributed by atoms with Gasteiger partial charge in [-0.2, -0.15) is 0 Å². The number of nitrogens with zero attached hydrogens (tertiary/aromatic N) is 2. The molecule has 1 saturated carbocycles. The number of aromatic nitrogens is 2. The third kappa shape index (κ3) is 3.23. The number of primary amides is 1. The minimum absolute atomic E-state index is 0.0180.